The molecule has 1 aliphatic rings. The number of amidine groups is 1. The van der Waals surface area contributed by atoms with Crippen LogP contribution in [0.3, 0.4) is 0 Å². The normalized spacial score (nSPS) is 15.2. The van der Waals surface area contributed by atoms with E-state index in [4.69, 9.17) is 10.5 Å². The molecule has 0 bridgehead atoms. The third-order valence-corrected chi connectivity index (χ3v) is 2.86. The number of hydrogen-bond acceptors (Lipinski definition) is 4. The molecule has 0 spiro atoms. The zero-order valence-electron chi connectivity index (χ0n) is 12.2. The highest BCUT2D eigenvalue weighted by Gasteiger charge is 2.28. The summed E-state index contributed by atoms with van der Waals surface area (Å²) in [5, 5.41) is 0. The number of ether oxygens (including phenoxy) is 1. The van der Waals surface area contributed by atoms with E-state index in [-0.39, 0.29) is 6.09 Å². The highest BCUT2D eigenvalue weighted by molar-refractivity contribution is 5.98. The molecule has 2 rings (SSSR count). The maximum atomic E-state index is 12.1. The molecule has 1 amide bonds. The third kappa shape index (κ3) is 3.73. The zero-order valence-corrected chi connectivity index (χ0v) is 12.2. The van der Waals surface area contributed by atoms with Crippen LogP contribution in [-0.2, 0) is 11.2 Å². The fraction of sp³-hybridized carbons (Fsp3) is 0.467. The molecule has 0 aromatic heterocycles. The molecule has 5 heteroatoms. The lowest BCUT2D eigenvalue weighted by atomic mass is 10.1. The molecular formula is C15H21N3O2. The Kier molecular flexibility index (Phi) is 3.97. The number of carbonyl (C=O) groups excluding carboxylic acids is 1. The summed E-state index contributed by atoms with van der Waals surface area (Å²) in [5.74, 6) is 0.741. The SMILES string of the molecule is CC(C)(C)OC(=O)N1CCN=C1Cc1cccc(N)c1. The number of amides is 1. The van der Waals surface area contributed by atoms with Crippen molar-refractivity contribution < 1.29 is 9.53 Å². The number of benzene rings is 1. The summed E-state index contributed by atoms with van der Waals surface area (Å²) in [6.07, 6.45) is 0.252. The van der Waals surface area contributed by atoms with Crippen molar-refractivity contribution in [2.24, 2.45) is 4.99 Å². The smallest absolute Gasteiger partial charge is 0.415 e. The Morgan fingerprint density at radius 1 is 1.45 bits per heavy atom. The first-order chi connectivity index (χ1) is 9.35. The van der Waals surface area contributed by atoms with Gasteiger partial charge in [-0.2, -0.15) is 0 Å². The molecule has 1 aromatic carbocycles. The number of hydrogen-bond donors (Lipinski definition) is 1. The highest BCUT2D eigenvalue weighted by atomic mass is 16.6. The number of rotatable bonds is 2. The lowest BCUT2D eigenvalue weighted by molar-refractivity contribution is 0.0382. The van der Waals surface area contributed by atoms with Crippen LogP contribution >= 0.6 is 0 Å². The van der Waals surface area contributed by atoms with Gasteiger partial charge in [0.1, 0.15) is 11.4 Å². The number of nitrogens with zero attached hydrogens (tertiary/aromatic N) is 2. The van der Waals surface area contributed by atoms with Crippen molar-refractivity contribution >= 4 is 17.6 Å². The van der Waals surface area contributed by atoms with Crippen molar-refractivity contribution in [2.45, 2.75) is 32.8 Å². The fourth-order valence-corrected chi connectivity index (χ4v) is 2.04. The molecular weight excluding hydrogens is 254 g/mol. The predicted molar refractivity (Wildman–Crippen MR) is 79.8 cm³/mol. The molecule has 0 fully saturated rings. The summed E-state index contributed by atoms with van der Waals surface area (Å²) >= 11 is 0. The summed E-state index contributed by atoms with van der Waals surface area (Å²) in [4.78, 5) is 18.1. The lowest BCUT2D eigenvalue weighted by Crippen LogP contribution is -2.39. The minimum Gasteiger partial charge on any atom is -0.443 e. The molecule has 0 radical (unpaired) electrons. The van der Waals surface area contributed by atoms with Crippen LogP contribution in [0.5, 0.6) is 0 Å². The van der Waals surface area contributed by atoms with Crippen molar-refractivity contribution in [1.29, 1.82) is 0 Å². The Morgan fingerprint density at radius 2 is 2.20 bits per heavy atom. The van der Waals surface area contributed by atoms with Gasteiger partial charge in [-0.3, -0.25) is 9.89 Å². The number of nitrogen functional groups attached to an aromatic ring is 1. The molecule has 0 saturated carbocycles. The van der Waals surface area contributed by atoms with Crippen LogP contribution in [0.4, 0.5) is 10.5 Å². The Balaban J connectivity index is 2.06. The van der Waals surface area contributed by atoms with Gasteiger partial charge in [0.25, 0.3) is 0 Å². The van der Waals surface area contributed by atoms with Crippen molar-refractivity contribution in [1.82, 2.24) is 4.90 Å². The van der Waals surface area contributed by atoms with Crippen LogP contribution in [0, 0.1) is 0 Å². The third-order valence-electron chi connectivity index (χ3n) is 2.86. The average Bonchev–Trinajstić information content (AvgIpc) is 2.75. The Bertz CT molecular complexity index is 532. The monoisotopic (exact) mass is 275 g/mol. The largest absolute Gasteiger partial charge is 0.443 e. The predicted octanol–water partition coefficient (Wildman–Crippen LogP) is 2.46. The van der Waals surface area contributed by atoms with E-state index in [0.717, 1.165) is 11.4 Å². The zero-order chi connectivity index (χ0) is 14.8. The van der Waals surface area contributed by atoms with Crippen LogP contribution in [0.1, 0.15) is 26.3 Å². The first kappa shape index (κ1) is 14.4. The quantitative estimate of drug-likeness (QED) is 0.843. The van der Waals surface area contributed by atoms with E-state index in [9.17, 15) is 4.79 Å². The van der Waals surface area contributed by atoms with Gasteiger partial charge in [0.05, 0.1) is 13.1 Å². The van der Waals surface area contributed by atoms with Gasteiger partial charge in [0.2, 0.25) is 0 Å². The number of nitrogens with two attached hydrogens (primary N) is 1. The second-order valence-electron chi connectivity index (χ2n) is 5.85. The first-order valence-electron chi connectivity index (χ1n) is 6.73. The van der Waals surface area contributed by atoms with E-state index in [1.807, 2.05) is 45.0 Å². The van der Waals surface area contributed by atoms with Gasteiger partial charge in [-0.1, -0.05) is 12.1 Å². The molecule has 0 aliphatic carbocycles. The van der Waals surface area contributed by atoms with Crippen molar-refractivity contribution in [2.75, 3.05) is 18.8 Å². The standard InChI is InChI=1S/C15H21N3O2/c1-15(2,3)20-14(19)18-8-7-17-13(18)10-11-5-4-6-12(16)9-11/h4-6,9H,7-8,10,16H2,1-3H3. The van der Waals surface area contributed by atoms with E-state index in [1.54, 1.807) is 4.90 Å². The summed E-state index contributed by atoms with van der Waals surface area (Å²) in [6.45, 7) is 6.77. The fourth-order valence-electron chi connectivity index (χ4n) is 2.04. The molecule has 5 nitrogen and oxygen atoms in total. The van der Waals surface area contributed by atoms with Crippen LogP contribution in [0.25, 0.3) is 0 Å². The van der Waals surface area contributed by atoms with Gasteiger partial charge in [-0.15, -0.1) is 0 Å². The van der Waals surface area contributed by atoms with Crippen molar-refractivity contribution in [3.8, 4) is 0 Å². The Hall–Kier alpha value is -2.04. The highest BCUT2D eigenvalue weighted by Crippen LogP contribution is 2.16. The summed E-state index contributed by atoms with van der Waals surface area (Å²) < 4.78 is 5.39. The van der Waals surface area contributed by atoms with E-state index < -0.39 is 5.60 Å². The molecule has 2 N–H and O–H groups in total. The van der Waals surface area contributed by atoms with Crippen LogP contribution in [0.15, 0.2) is 29.3 Å². The molecule has 1 heterocycles. The number of carbonyl (C=O) groups is 1. The second-order valence-corrected chi connectivity index (χ2v) is 5.85. The lowest BCUT2D eigenvalue weighted by Gasteiger charge is -2.25. The van der Waals surface area contributed by atoms with Crippen LogP contribution in [-0.4, -0.2) is 35.5 Å². The minimum absolute atomic E-state index is 0.336. The molecule has 20 heavy (non-hydrogen) atoms. The van der Waals surface area contributed by atoms with Crippen LogP contribution in [0.2, 0.25) is 0 Å². The molecule has 0 saturated heterocycles. The van der Waals surface area contributed by atoms with E-state index in [0.29, 0.717) is 25.2 Å². The number of aliphatic imine (C=N–C) groups is 1. The van der Waals surface area contributed by atoms with Gasteiger partial charge >= 0.3 is 6.09 Å². The number of anilines is 1. The summed E-state index contributed by atoms with van der Waals surface area (Å²) in [7, 11) is 0. The van der Waals surface area contributed by atoms with Gasteiger partial charge in [0, 0.05) is 12.1 Å². The van der Waals surface area contributed by atoms with Gasteiger partial charge in [0.15, 0.2) is 0 Å². The Labute approximate surface area is 119 Å². The van der Waals surface area contributed by atoms with Crippen LogP contribution < -0.4 is 5.73 Å². The molecule has 108 valence electrons. The second kappa shape index (κ2) is 5.53. The van der Waals surface area contributed by atoms with Crippen molar-refractivity contribution in [3.63, 3.8) is 0 Å². The van der Waals surface area contributed by atoms with Gasteiger partial charge < -0.3 is 10.5 Å². The van der Waals surface area contributed by atoms with Gasteiger partial charge in [-0.05, 0) is 38.5 Å². The maximum Gasteiger partial charge on any atom is 0.415 e. The first-order valence-corrected chi connectivity index (χ1v) is 6.73. The maximum absolute atomic E-state index is 12.1. The van der Waals surface area contributed by atoms with Gasteiger partial charge in [-0.25, -0.2) is 4.79 Å². The van der Waals surface area contributed by atoms with Crippen molar-refractivity contribution in [3.05, 3.63) is 29.8 Å². The van der Waals surface area contributed by atoms with E-state index >= 15 is 0 Å². The molecule has 1 aliphatic heterocycles. The Morgan fingerprint density at radius 3 is 2.85 bits per heavy atom. The minimum atomic E-state index is -0.498. The van der Waals surface area contributed by atoms with E-state index in [2.05, 4.69) is 4.99 Å². The molecule has 1 aromatic rings. The van der Waals surface area contributed by atoms with E-state index in [1.165, 1.54) is 0 Å². The summed E-state index contributed by atoms with van der Waals surface area (Å²) in [5.41, 5.74) is 7.02. The summed E-state index contributed by atoms with van der Waals surface area (Å²) in [6, 6.07) is 7.61. The molecule has 0 atom stereocenters. The average molecular weight is 275 g/mol. The molecule has 0 unspecified atom stereocenters. The topological polar surface area (TPSA) is 67.9 Å².